The van der Waals surface area contributed by atoms with Crippen LogP contribution in [-0.4, -0.2) is 29.2 Å². The highest BCUT2D eigenvalue weighted by Crippen LogP contribution is 2.31. The van der Waals surface area contributed by atoms with Crippen LogP contribution in [0.2, 0.25) is 0 Å². The number of hydrogen-bond acceptors (Lipinski definition) is 9. The van der Waals surface area contributed by atoms with Crippen molar-refractivity contribution in [3.63, 3.8) is 0 Å². The molecule has 10 nitrogen and oxygen atoms in total. The third kappa shape index (κ3) is 5.72. The Bertz CT molecular complexity index is 1860. The van der Waals surface area contributed by atoms with Gasteiger partial charge in [-0.15, -0.1) is 0 Å². The SMILES string of the molecule is CCOC(=O)C1=C(C)N=c2s/c(=C/c3ccc(OCc4ccccc4[N+](=O)[O-])cc3)c(=O)n2[C@H]1c1ccc(OC)cc1. The van der Waals surface area contributed by atoms with Crippen LogP contribution in [0, 0.1) is 10.1 Å². The van der Waals surface area contributed by atoms with Gasteiger partial charge < -0.3 is 14.2 Å². The summed E-state index contributed by atoms with van der Waals surface area (Å²) in [5.41, 5.74) is 2.45. The zero-order valence-electron chi connectivity index (χ0n) is 23.1. The molecule has 214 valence electrons. The van der Waals surface area contributed by atoms with Gasteiger partial charge in [-0.05, 0) is 61.4 Å². The molecule has 0 saturated carbocycles. The number of hydrogen-bond donors (Lipinski definition) is 0. The van der Waals surface area contributed by atoms with E-state index in [0.29, 0.717) is 37.7 Å². The molecular formula is C31H27N3O7S. The van der Waals surface area contributed by atoms with Gasteiger partial charge in [0.1, 0.15) is 18.1 Å². The van der Waals surface area contributed by atoms with Crippen molar-refractivity contribution in [2.45, 2.75) is 26.5 Å². The van der Waals surface area contributed by atoms with Crippen molar-refractivity contribution in [1.29, 1.82) is 0 Å². The molecule has 0 unspecified atom stereocenters. The van der Waals surface area contributed by atoms with E-state index in [-0.39, 0.29) is 24.5 Å². The third-order valence-corrected chi connectivity index (χ3v) is 7.69. The van der Waals surface area contributed by atoms with E-state index < -0.39 is 16.9 Å². The Kier molecular flexibility index (Phi) is 8.30. The van der Waals surface area contributed by atoms with Gasteiger partial charge in [0.2, 0.25) is 0 Å². The Labute approximate surface area is 244 Å². The monoisotopic (exact) mass is 585 g/mol. The van der Waals surface area contributed by atoms with E-state index in [1.807, 2.05) is 12.1 Å². The number of nitro groups is 1. The lowest BCUT2D eigenvalue weighted by molar-refractivity contribution is -0.385. The molecule has 0 saturated heterocycles. The van der Waals surface area contributed by atoms with Crippen LogP contribution in [0.5, 0.6) is 11.5 Å². The first-order chi connectivity index (χ1) is 20.3. The molecule has 0 bridgehead atoms. The van der Waals surface area contributed by atoms with Gasteiger partial charge in [0.15, 0.2) is 4.80 Å². The van der Waals surface area contributed by atoms with Gasteiger partial charge in [-0.1, -0.05) is 47.7 Å². The highest BCUT2D eigenvalue weighted by atomic mass is 32.1. The predicted molar refractivity (Wildman–Crippen MR) is 157 cm³/mol. The largest absolute Gasteiger partial charge is 0.497 e. The maximum atomic E-state index is 13.8. The Hall–Kier alpha value is -5.03. The topological polar surface area (TPSA) is 122 Å². The summed E-state index contributed by atoms with van der Waals surface area (Å²) in [4.78, 5) is 42.7. The predicted octanol–water partition coefficient (Wildman–Crippen LogP) is 4.29. The summed E-state index contributed by atoms with van der Waals surface area (Å²) in [5.74, 6) is 0.658. The maximum absolute atomic E-state index is 13.8. The van der Waals surface area contributed by atoms with E-state index in [1.54, 1.807) is 81.6 Å². The second-order valence-corrected chi connectivity index (χ2v) is 10.3. The number of nitro benzene ring substituents is 1. The van der Waals surface area contributed by atoms with Crippen molar-refractivity contribution in [3.8, 4) is 11.5 Å². The zero-order chi connectivity index (χ0) is 29.8. The first-order valence-electron chi connectivity index (χ1n) is 13.1. The molecule has 0 amide bonds. The summed E-state index contributed by atoms with van der Waals surface area (Å²) in [6.45, 7) is 3.70. The molecule has 0 spiro atoms. The van der Waals surface area contributed by atoms with E-state index in [4.69, 9.17) is 14.2 Å². The zero-order valence-corrected chi connectivity index (χ0v) is 23.9. The van der Waals surface area contributed by atoms with E-state index in [0.717, 1.165) is 11.1 Å². The number of carbonyl (C=O) groups excluding carboxylic acids is 1. The van der Waals surface area contributed by atoms with Crippen LogP contribution < -0.4 is 24.4 Å². The second kappa shape index (κ2) is 12.2. The van der Waals surface area contributed by atoms with Gasteiger partial charge >= 0.3 is 5.97 Å². The van der Waals surface area contributed by atoms with Crippen LogP contribution in [0.15, 0.2) is 93.9 Å². The number of thiazole rings is 1. The number of benzene rings is 3. The lowest BCUT2D eigenvalue weighted by Gasteiger charge is -2.24. The summed E-state index contributed by atoms with van der Waals surface area (Å²) in [6, 6.07) is 20.0. The minimum Gasteiger partial charge on any atom is -0.497 e. The van der Waals surface area contributed by atoms with Crippen LogP contribution in [-0.2, 0) is 16.1 Å². The van der Waals surface area contributed by atoms with Crippen molar-refractivity contribution in [1.82, 2.24) is 4.57 Å². The first kappa shape index (κ1) is 28.5. The molecule has 2 heterocycles. The number of allylic oxidation sites excluding steroid dienone is 1. The van der Waals surface area contributed by atoms with E-state index in [1.165, 1.54) is 22.0 Å². The van der Waals surface area contributed by atoms with Crippen LogP contribution in [0.3, 0.4) is 0 Å². The van der Waals surface area contributed by atoms with Gasteiger partial charge in [-0.25, -0.2) is 9.79 Å². The number of aromatic nitrogens is 1. The van der Waals surface area contributed by atoms with Crippen molar-refractivity contribution in [2.24, 2.45) is 4.99 Å². The molecule has 0 N–H and O–H groups in total. The van der Waals surface area contributed by atoms with E-state index >= 15 is 0 Å². The van der Waals surface area contributed by atoms with Crippen molar-refractivity contribution >= 4 is 29.1 Å². The van der Waals surface area contributed by atoms with Crippen LogP contribution in [0.4, 0.5) is 5.69 Å². The minimum atomic E-state index is -0.717. The van der Waals surface area contributed by atoms with Gasteiger partial charge in [0, 0.05) is 6.07 Å². The fourth-order valence-corrected chi connectivity index (χ4v) is 5.72. The van der Waals surface area contributed by atoms with Crippen molar-refractivity contribution in [3.05, 3.63) is 131 Å². The number of para-hydroxylation sites is 1. The van der Waals surface area contributed by atoms with Gasteiger partial charge in [-0.2, -0.15) is 0 Å². The molecule has 5 rings (SSSR count). The Morgan fingerprint density at radius 3 is 2.43 bits per heavy atom. The number of nitrogens with zero attached hydrogens (tertiary/aromatic N) is 3. The molecule has 1 aromatic heterocycles. The number of methoxy groups -OCH3 is 1. The average Bonchev–Trinajstić information content (AvgIpc) is 3.30. The molecule has 0 aliphatic carbocycles. The molecule has 11 heteroatoms. The molecule has 1 aliphatic rings. The van der Waals surface area contributed by atoms with Gasteiger partial charge in [0.25, 0.3) is 11.2 Å². The first-order valence-corrected chi connectivity index (χ1v) is 13.9. The molecule has 0 radical (unpaired) electrons. The van der Waals surface area contributed by atoms with E-state index in [9.17, 15) is 19.7 Å². The Morgan fingerprint density at radius 1 is 1.07 bits per heavy atom. The maximum Gasteiger partial charge on any atom is 0.338 e. The van der Waals surface area contributed by atoms with Crippen molar-refractivity contribution in [2.75, 3.05) is 13.7 Å². The minimum absolute atomic E-state index is 0.00112. The highest BCUT2D eigenvalue weighted by Gasteiger charge is 2.33. The summed E-state index contributed by atoms with van der Waals surface area (Å²) in [7, 11) is 1.57. The Balaban J connectivity index is 1.48. The van der Waals surface area contributed by atoms with E-state index in [2.05, 4.69) is 4.99 Å². The molecular weight excluding hydrogens is 558 g/mol. The fraction of sp³-hybridized carbons (Fsp3) is 0.194. The van der Waals surface area contributed by atoms with Crippen LogP contribution in [0.25, 0.3) is 6.08 Å². The summed E-state index contributed by atoms with van der Waals surface area (Å²) < 4.78 is 18.4. The summed E-state index contributed by atoms with van der Waals surface area (Å²) >= 11 is 1.23. The second-order valence-electron chi connectivity index (χ2n) is 9.32. The van der Waals surface area contributed by atoms with Crippen molar-refractivity contribution < 1.29 is 23.9 Å². The quantitative estimate of drug-likeness (QED) is 0.163. The molecule has 0 fully saturated rings. The molecule has 4 aromatic rings. The van der Waals surface area contributed by atoms with Crippen LogP contribution in [0.1, 0.15) is 36.6 Å². The molecule has 1 atom stereocenters. The normalized spacial score (nSPS) is 14.6. The fourth-order valence-electron chi connectivity index (χ4n) is 4.68. The molecule has 1 aliphatic heterocycles. The third-order valence-electron chi connectivity index (χ3n) is 6.71. The number of fused-ring (bicyclic) bond motifs is 1. The highest BCUT2D eigenvalue weighted by molar-refractivity contribution is 7.07. The molecule has 42 heavy (non-hydrogen) atoms. The standard InChI is InChI=1S/C31H27N3O7S/c1-4-40-30(36)27-19(2)32-31-33(28(27)21-11-15-23(39-3)16-12-21)29(35)26(42-31)17-20-9-13-24(14-10-20)41-18-22-7-5-6-8-25(22)34(37)38/h5-17,28H,4,18H2,1-3H3/b26-17+/t28-/m0/s1. The lowest BCUT2D eigenvalue weighted by Crippen LogP contribution is -2.39. The van der Waals surface area contributed by atoms with Crippen LogP contribution >= 0.6 is 11.3 Å². The number of rotatable bonds is 9. The smallest absolute Gasteiger partial charge is 0.338 e. The van der Waals surface area contributed by atoms with Gasteiger partial charge in [-0.3, -0.25) is 19.5 Å². The summed E-state index contributed by atoms with van der Waals surface area (Å²) in [5, 5.41) is 11.3. The average molecular weight is 586 g/mol. The number of esters is 1. The number of carbonyl (C=O) groups is 1. The summed E-state index contributed by atoms with van der Waals surface area (Å²) in [6.07, 6.45) is 1.75. The Morgan fingerprint density at radius 2 is 1.76 bits per heavy atom. The lowest BCUT2D eigenvalue weighted by atomic mass is 9.96. The number of ether oxygens (including phenoxy) is 3. The van der Waals surface area contributed by atoms with Gasteiger partial charge in [0.05, 0.1) is 46.0 Å². The molecule has 3 aromatic carbocycles.